The summed E-state index contributed by atoms with van der Waals surface area (Å²) in [4.78, 5) is 21.3. The number of amidine groups is 1. The van der Waals surface area contributed by atoms with Crippen LogP contribution in [0, 0.1) is 0 Å². The topological polar surface area (TPSA) is 83.3 Å². The first-order valence-electron chi connectivity index (χ1n) is 10.9. The van der Waals surface area contributed by atoms with Crippen molar-refractivity contribution in [3.63, 3.8) is 0 Å². The molecule has 0 bridgehead atoms. The number of benzene rings is 3. The molecule has 6 heteroatoms. The van der Waals surface area contributed by atoms with Crippen LogP contribution in [-0.4, -0.2) is 23.3 Å². The molecule has 5 rings (SSSR count). The number of fused-ring (bicyclic) bond motifs is 3. The first kappa shape index (κ1) is 21.0. The zero-order chi connectivity index (χ0) is 22.6. The van der Waals surface area contributed by atoms with Crippen LogP contribution in [-0.2, 0) is 17.6 Å². The van der Waals surface area contributed by atoms with Crippen LogP contribution in [0.3, 0.4) is 0 Å². The van der Waals surface area contributed by atoms with E-state index in [-0.39, 0.29) is 5.91 Å². The number of aromatic amines is 1. The maximum Gasteiger partial charge on any atom is 0.224 e. The number of aliphatic imine (C=N–C) groups is 1. The van der Waals surface area contributed by atoms with Crippen molar-refractivity contribution < 1.29 is 4.79 Å². The summed E-state index contributed by atoms with van der Waals surface area (Å²) >= 11 is 1.56. The Morgan fingerprint density at radius 3 is 2.58 bits per heavy atom. The molecule has 0 radical (unpaired) electrons. The normalized spacial score (nSPS) is 11.8. The van der Waals surface area contributed by atoms with Gasteiger partial charge >= 0.3 is 0 Å². The van der Waals surface area contributed by atoms with Crippen LogP contribution in [0.15, 0.2) is 89.2 Å². The quantitative estimate of drug-likeness (QED) is 0.231. The van der Waals surface area contributed by atoms with Crippen molar-refractivity contribution in [3.8, 4) is 0 Å². The average Bonchev–Trinajstić information content (AvgIpc) is 3.49. The molecule has 33 heavy (non-hydrogen) atoms. The molecular formula is C27H24N4OS. The van der Waals surface area contributed by atoms with Crippen molar-refractivity contribution in [2.45, 2.75) is 12.8 Å². The lowest BCUT2D eigenvalue weighted by molar-refractivity contribution is -0.120. The van der Waals surface area contributed by atoms with E-state index in [4.69, 9.17) is 5.73 Å². The van der Waals surface area contributed by atoms with Crippen molar-refractivity contribution in [2.24, 2.45) is 10.7 Å². The molecule has 0 saturated carbocycles. The van der Waals surface area contributed by atoms with E-state index in [1.165, 1.54) is 16.3 Å². The minimum Gasteiger partial charge on any atom is -0.383 e. The third kappa shape index (κ3) is 4.66. The van der Waals surface area contributed by atoms with Crippen LogP contribution >= 0.6 is 11.3 Å². The SMILES string of the molecule is NC(=Nc1ccc(CC(=O)NCCc2cccc3[nH]c4ccccc4c23)cc1)c1cccs1. The highest BCUT2D eigenvalue weighted by molar-refractivity contribution is 7.12. The highest BCUT2D eigenvalue weighted by atomic mass is 32.1. The molecule has 3 aromatic carbocycles. The summed E-state index contributed by atoms with van der Waals surface area (Å²) in [6.45, 7) is 0.594. The molecule has 164 valence electrons. The highest BCUT2D eigenvalue weighted by Gasteiger charge is 2.09. The van der Waals surface area contributed by atoms with E-state index in [9.17, 15) is 4.79 Å². The van der Waals surface area contributed by atoms with Gasteiger partial charge in [-0.2, -0.15) is 0 Å². The maximum atomic E-state index is 12.5. The number of H-pyrrole nitrogens is 1. The second-order valence-electron chi connectivity index (χ2n) is 7.93. The molecule has 0 spiro atoms. The number of hydrogen-bond acceptors (Lipinski definition) is 3. The first-order valence-corrected chi connectivity index (χ1v) is 11.8. The van der Waals surface area contributed by atoms with Crippen LogP contribution in [0.25, 0.3) is 21.8 Å². The maximum absolute atomic E-state index is 12.5. The van der Waals surface area contributed by atoms with Crippen molar-refractivity contribution in [2.75, 3.05) is 6.54 Å². The van der Waals surface area contributed by atoms with Gasteiger partial charge in [0.1, 0.15) is 5.84 Å². The smallest absolute Gasteiger partial charge is 0.224 e. The molecule has 2 aromatic heterocycles. The Labute approximate surface area is 196 Å². The Balaban J connectivity index is 1.19. The third-order valence-corrected chi connectivity index (χ3v) is 6.55. The largest absolute Gasteiger partial charge is 0.383 e. The van der Waals surface area contributed by atoms with E-state index < -0.39 is 0 Å². The van der Waals surface area contributed by atoms with E-state index >= 15 is 0 Å². The number of para-hydroxylation sites is 1. The van der Waals surface area contributed by atoms with Gasteiger partial charge in [0.2, 0.25) is 5.91 Å². The van der Waals surface area contributed by atoms with Crippen molar-refractivity contribution >= 4 is 50.6 Å². The third-order valence-electron chi connectivity index (χ3n) is 5.66. The Kier molecular flexibility index (Phi) is 5.91. The standard InChI is InChI=1S/C27H24N4OS/c28-27(24-9-4-16-33-24)30-20-12-10-18(11-13-20)17-25(32)29-15-14-19-5-3-8-23-26(19)21-6-1-2-7-22(21)31-23/h1-13,16,31H,14-15,17H2,(H2,28,30)(H,29,32). The monoisotopic (exact) mass is 452 g/mol. The fourth-order valence-electron chi connectivity index (χ4n) is 4.08. The summed E-state index contributed by atoms with van der Waals surface area (Å²) in [6, 6.07) is 26.1. The number of thiophene rings is 1. The van der Waals surface area contributed by atoms with E-state index in [2.05, 4.69) is 51.7 Å². The van der Waals surface area contributed by atoms with Gasteiger partial charge in [-0.3, -0.25) is 4.79 Å². The summed E-state index contributed by atoms with van der Waals surface area (Å²) in [5, 5.41) is 7.48. The number of nitrogens with two attached hydrogens (primary N) is 1. The fourth-order valence-corrected chi connectivity index (χ4v) is 4.70. The van der Waals surface area contributed by atoms with Crippen LogP contribution in [0.4, 0.5) is 5.69 Å². The number of nitrogens with zero attached hydrogens (tertiary/aromatic N) is 1. The van der Waals surface area contributed by atoms with Gasteiger partial charge in [0, 0.05) is 28.4 Å². The van der Waals surface area contributed by atoms with Gasteiger partial charge in [0.05, 0.1) is 17.0 Å². The lowest BCUT2D eigenvalue weighted by Crippen LogP contribution is -2.27. The van der Waals surface area contributed by atoms with Crippen molar-refractivity contribution in [1.29, 1.82) is 0 Å². The van der Waals surface area contributed by atoms with Crippen LogP contribution in [0.2, 0.25) is 0 Å². The van der Waals surface area contributed by atoms with Gasteiger partial charge in [0.25, 0.3) is 0 Å². The van der Waals surface area contributed by atoms with Gasteiger partial charge in [-0.15, -0.1) is 11.3 Å². The van der Waals surface area contributed by atoms with Gasteiger partial charge in [-0.05, 0) is 53.3 Å². The van der Waals surface area contributed by atoms with Gasteiger partial charge in [0.15, 0.2) is 0 Å². The predicted molar refractivity (Wildman–Crippen MR) is 137 cm³/mol. The second-order valence-corrected chi connectivity index (χ2v) is 8.88. The lowest BCUT2D eigenvalue weighted by Gasteiger charge is -2.07. The molecule has 2 heterocycles. The molecule has 5 nitrogen and oxygen atoms in total. The van der Waals surface area contributed by atoms with Crippen LogP contribution in [0.5, 0.6) is 0 Å². The molecule has 0 saturated heterocycles. The molecule has 0 fully saturated rings. The molecule has 0 atom stereocenters. The predicted octanol–water partition coefficient (Wildman–Crippen LogP) is 5.32. The zero-order valence-corrected chi connectivity index (χ0v) is 18.9. The molecule has 0 aliphatic heterocycles. The van der Waals surface area contributed by atoms with Crippen LogP contribution in [0.1, 0.15) is 16.0 Å². The summed E-state index contributed by atoms with van der Waals surface area (Å²) in [7, 11) is 0. The number of hydrogen-bond donors (Lipinski definition) is 3. The lowest BCUT2D eigenvalue weighted by atomic mass is 10.0. The number of aromatic nitrogens is 1. The number of rotatable bonds is 7. The summed E-state index contributed by atoms with van der Waals surface area (Å²) in [5.74, 6) is 0.510. The number of amides is 1. The van der Waals surface area contributed by atoms with Gasteiger partial charge < -0.3 is 16.0 Å². The van der Waals surface area contributed by atoms with E-state index in [1.54, 1.807) is 11.3 Å². The summed E-state index contributed by atoms with van der Waals surface area (Å²) in [5.41, 5.74) is 11.3. The Morgan fingerprint density at radius 1 is 0.939 bits per heavy atom. The number of carbonyl (C=O) groups is 1. The molecule has 0 unspecified atom stereocenters. The molecule has 4 N–H and O–H groups in total. The first-order chi connectivity index (χ1) is 16.2. The van der Waals surface area contributed by atoms with E-state index in [1.807, 2.05) is 47.8 Å². The second kappa shape index (κ2) is 9.30. The van der Waals surface area contributed by atoms with Crippen molar-refractivity contribution in [3.05, 3.63) is 100 Å². The Morgan fingerprint density at radius 2 is 1.76 bits per heavy atom. The summed E-state index contributed by atoms with van der Waals surface area (Å²) < 4.78 is 0. The molecule has 1 amide bonds. The molecule has 5 aromatic rings. The fraction of sp³-hybridized carbons (Fsp3) is 0.111. The average molecular weight is 453 g/mol. The van der Waals surface area contributed by atoms with Gasteiger partial charge in [-0.25, -0.2) is 4.99 Å². The van der Waals surface area contributed by atoms with Crippen LogP contribution < -0.4 is 11.1 Å². The minimum absolute atomic E-state index is 0.00968. The summed E-state index contributed by atoms with van der Waals surface area (Å²) in [6.07, 6.45) is 1.11. The van der Waals surface area contributed by atoms with Crippen molar-refractivity contribution in [1.82, 2.24) is 10.3 Å². The Hall–Kier alpha value is -3.90. The molecule has 0 aliphatic carbocycles. The number of carbonyl (C=O) groups excluding carboxylic acids is 1. The Bertz CT molecular complexity index is 1430. The zero-order valence-electron chi connectivity index (χ0n) is 18.0. The molecule has 0 aliphatic rings. The van der Waals surface area contributed by atoms with E-state index in [0.717, 1.165) is 33.6 Å². The molecular weight excluding hydrogens is 428 g/mol. The minimum atomic E-state index is 0.00968. The van der Waals surface area contributed by atoms with Gasteiger partial charge in [-0.1, -0.05) is 48.5 Å². The van der Waals surface area contributed by atoms with E-state index in [0.29, 0.717) is 18.8 Å². The number of nitrogens with one attached hydrogen (secondary N) is 2. The highest BCUT2D eigenvalue weighted by Crippen LogP contribution is 2.28.